The molecule has 0 bridgehead atoms. The van der Waals surface area contributed by atoms with E-state index in [1.807, 2.05) is 44.2 Å². The first kappa shape index (κ1) is 17.9. The summed E-state index contributed by atoms with van der Waals surface area (Å²) in [5.41, 5.74) is 1.13. The van der Waals surface area contributed by atoms with E-state index < -0.39 is 5.97 Å². The highest BCUT2D eigenvalue weighted by atomic mass is 16.5. The summed E-state index contributed by atoms with van der Waals surface area (Å²) in [5, 5.41) is 0. The van der Waals surface area contributed by atoms with Gasteiger partial charge in [0.1, 0.15) is 23.7 Å². The minimum Gasteiger partial charge on any atom is -0.489 e. The molecule has 2 aromatic carbocycles. The zero-order valence-corrected chi connectivity index (χ0v) is 14.7. The lowest BCUT2D eigenvalue weighted by Crippen LogP contribution is -2.26. The number of esters is 1. The highest BCUT2D eigenvalue weighted by Gasteiger charge is 2.19. The number of hydrogen-bond acceptors (Lipinski definition) is 4. The minimum atomic E-state index is -0.417. The van der Waals surface area contributed by atoms with Crippen molar-refractivity contribution in [1.82, 2.24) is 0 Å². The number of carbonyl (C=O) groups is 1. The Kier molecular flexibility index (Phi) is 5.85. The Morgan fingerprint density at radius 1 is 1.04 bits per heavy atom. The third kappa shape index (κ3) is 5.01. The fourth-order valence-corrected chi connectivity index (χ4v) is 2.08. The molecule has 4 heteroatoms. The first-order valence-corrected chi connectivity index (χ1v) is 8.02. The molecule has 0 saturated carbocycles. The first-order chi connectivity index (χ1) is 11.4. The molecule has 4 nitrogen and oxygen atoms in total. The molecule has 0 aliphatic heterocycles. The van der Waals surface area contributed by atoms with Crippen molar-refractivity contribution in [3.05, 3.63) is 59.7 Å². The molecule has 0 spiro atoms. The highest BCUT2D eigenvalue weighted by Crippen LogP contribution is 2.28. The van der Waals surface area contributed by atoms with Gasteiger partial charge >= 0.3 is 5.97 Å². The normalized spacial score (nSPS) is 11.0. The van der Waals surface area contributed by atoms with E-state index in [0.717, 1.165) is 12.0 Å². The van der Waals surface area contributed by atoms with Crippen LogP contribution in [0, 0.1) is 0 Å². The number of ether oxygens (including phenoxy) is 3. The Balaban J connectivity index is 2.23. The maximum atomic E-state index is 11.9. The summed E-state index contributed by atoms with van der Waals surface area (Å²) < 4.78 is 16.6. The molecule has 0 atom stereocenters. The second-order valence-corrected chi connectivity index (χ2v) is 6.17. The molecule has 0 aromatic heterocycles. The number of methoxy groups -OCH3 is 1. The van der Waals surface area contributed by atoms with Gasteiger partial charge in [0, 0.05) is 6.07 Å². The van der Waals surface area contributed by atoms with Gasteiger partial charge in [0.05, 0.1) is 12.7 Å². The van der Waals surface area contributed by atoms with E-state index in [4.69, 9.17) is 14.2 Å². The zero-order valence-electron chi connectivity index (χ0n) is 14.7. The summed E-state index contributed by atoms with van der Waals surface area (Å²) >= 11 is 0. The molecule has 0 aliphatic carbocycles. The molecular weight excluding hydrogens is 304 g/mol. The van der Waals surface area contributed by atoms with Crippen LogP contribution in [0.25, 0.3) is 0 Å². The van der Waals surface area contributed by atoms with E-state index in [1.165, 1.54) is 7.11 Å². The second-order valence-electron chi connectivity index (χ2n) is 6.17. The quantitative estimate of drug-likeness (QED) is 0.696. The van der Waals surface area contributed by atoms with Crippen molar-refractivity contribution in [1.29, 1.82) is 0 Å². The van der Waals surface area contributed by atoms with Crippen molar-refractivity contribution >= 4 is 5.97 Å². The van der Waals surface area contributed by atoms with Crippen LogP contribution in [-0.4, -0.2) is 18.7 Å². The Bertz CT molecular complexity index is 677. The molecule has 2 aromatic rings. The van der Waals surface area contributed by atoms with Gasteiger partial charge in [-0.3, -0.25) is 0 Å². The molecule has 0 heterocycles. The largest absolute Gasteiger partial charge is 0.489 e. The molecule has 0 amide bonds. The summed E-state index contributed by atoms with van der Waals surface area (Å²) in [7, 11) is 1.36. The van der Waals surface area contributed by atoms with Gasteiger partial charge in [-0.05, 0) is 38.0 Å². The van der Waals surface area contributed by atoms with Crippen LogP contribution in [-0.2, 0) is 11.3 Å². The Morgan fingerprint density at radius 2 is 1.71 bits per heavy atom. The number of rotatable bonds is 7. The van der Waals surface area contributed by atoms with Crippen LogP contribution < -0.4 is 9.47 Å². The van der Waals surface area contributed by atoms with Crippen molar-refractivity contribution < 1.29 is 19.0 Å². The summed E-state index contributed by atoms with van der Waals surface area (Å²) in [4.78, 5) is 11.9. The third-order valence-electron chi connectivity index (χ3n) is 3.80. The molecule has 0 radical (unpaired) electrons. The predicted octanol–water partition coefficient (Wildman–Crippen LogP) is 4.62. The fourth-order valence-electron chi connectivity index (χ4n) is 2.08. The van der Waals surface area contributed by atoms with Crippen LogP contribution in [0.3, 0.4) is 0 Å². The molecular formula is C20H24O4. The number of carbonyl (C=O) groups excluding carboxylic acids is 1. The van der Waals surface area contributed by atoms with Crippen LogP contribution in [0.4, 0.5) is 0 Å². The maximum absolute atomic E-state index is 11.9. The van der Waals surface area contributed by atoms with Gasteiger partial charge in [-0.15, -0.1) is 0 Å². The SMILES string of the molecule is CCC(C)(C)Oc1cc(OCc2ccccc2)cc(C(=O)OC)c1. The minimum absolute atomic E-state index is 0.328. The summed E-state index contributed by atoms with van der Waals surface area (Å²) in [6, 6.07) is 15.0. The number of hydrogen-bond donors (Lipinski definition) is 0. The lowest BCUT2D eigenvalue weighted by molar-refractivity contribution is 0.0597. The predicted molar refractivity (Wildman–Crippen MR) is 93.6 cm³/mol. The summed E-state index contributed by atoms with van der Waals surface area (Å²) in [5.74, 6) is 0.746. The van der Waals surface area contributed by atoms with Crippen molar-refractivity contribution in [2.75, 3.05) is 7.11 Å². The van der Waals surface area contributed by atoms with Gasteiger partial charge in [0.15, 0.2) is 0 Å². The molecule has 24 heavy (non-hydrogen) atoms. The van der Waals surface area contributed by atoms with E-state index in [2.05, 4.69) is 6.92 Å². The third-order valence-corrected chi connectivity index (χ3v) is 3.80. The monoisotopic (exact) mass is 328 g/mol. The molecule has 0 saturated heterocycles. The van der Waals surface area contributed by atoms with Gasteiger partial charge in [0.25, 0.3) is 0 Å². The van der Waals surface area contributed by atoms with Crippen LogP contribution in [0.5, 0.6) is 11.5 Å². The van der Waals surface area contributed by atoms with Crippen molar-refractivity contribution in [3.8, 4) is 11.5 Å². The summed E-state index contributed by atoms with van der Waals surface area (Å²) in [6.07, 6.45) is 0.843. The van der Waals surface area contributed by atoms with E-state index >= 15 is 0 Å². The Hall–Kier alpha value is -2.49. The van der Waals surface area contributed by atoms with Crippen LogP contribution in [0.2, 0.25) is 0 Å². The lowest BCUT2D eigenvalue weighted by Gasteiger charge is -2.25. The molecule has 0 aliphatic rings. The smallest absolute Gasteiger partial charge is 0.338 e. The van der Waals surface area contributed by atoms with E-state index in [1.54, 1.807) is 18.2 Å². The first-order valence-electron chi connectivity index (χ1n) is 8.02. The maximum Gasteiger partial charge on any atom is 0.338 e. The van der Waals surface area contributed by atoms with Crippen molar-refractivity contribution in [3.63, 3.8) is 0 Å². The lowest BCUT2D eigenvalue weighted by atomic mass is 10.1. The topological polar surface area (TPSA) is 44.8 Å². The molecule has 0 unspecified atom stereocenters. The number of benzene rings is 2. The Morgan fingerprint density at radius 3 is 2.33 bits per heavy atom. The Labute approximate surface area is 143 Å². The molecule has 0 N–H and O–H groups in total. The van der Waals surface area contributed by atoms with Crippen molar-refractivity contribution in [2.24, 2.45) is 0 Å². The van der Waals surface area contributed by atoms with Gasteiger partial charge in [0.2, 0.25) is 0 Å². The van der Waals surface area contributed by atoms with Crippen LogP contribution in [0.15, 0.2) is 48.5 Å². The van der Waals surface area contributed by atoms with Crippen LogP contribution in [0.1, 0.15) is 43.1 Å². The summed E-state index contributed by atoms with van der Waals surface area (Å²) in [6.45, 7) is 6.48. The average molecular weight is 328 g/mol. The highest BCUT2D eigenvalue weighted by molar-refractivity contribution is 5.90. The second kappa shape index (κ2) is 7.86. The standard InChI is InChI=1S/C20H24O4/c1-5-20(2,3)24-18-12-16(19(21)22-4)11-17(13-18)23-14-15-9-7-6-8-10-15/h6-13H,5,14H2,1-4H3. The van der Waals surface area contributed by atoms with Gasteiger partial charge < -0.3 is 14.2 Å². The zero-order chi connectivity index (χ0) is 17.6. The van der Waals surface area contributed by atoms with Gasteiger partial charge in [-0.2, -0.15) is 0 Å². The fraction of sp³-hybridized carbons (Fsp3) is 0.350. The molecule has 0 fully saturated rings. The van der Waals surface area contributed by atoms with E-state index in [9.17, 15) is 4.79 Å². The molecule has 128 valence electrons. The van der Waals surface area contributed by atoms with Gasteiger partial charge in [-0.25, -0.2) is 4.79 Å². The van der Waals surface area contributed by atoms with Gasteiger partial charge in [-0.1, -0.05) is 37.3 Å². The van der Waals surface area contributed by atoms with E-state index in [-0.39, 0.29) is 5.60 Å². The molecule has 2 rings (SSSR count). The van der Waals surface area contributed by atoms with Crippen molar-refractivity contribution in [2.45, 2.75) is 39.4 Å². The van der Waals surface area contributed by atoms with E-state index in [0.29, 0.717) is 23.7 Å². The van der Waals surface area contributed by atoms with Crippen LogP contribution >= 0.6 is 0 Å². The average Bonchev–Trinajstić information content (AvgIpc) is 2.59.